The number of aliphatic hydroxyl groups is 2. The number of allylic oxidation sites excluding steroid dienone is 2. The number of nitrogens with one attached hydrogen (secondary N) is 1. The predicted octanol–water partition coefficient (Wildman–Crippen LogP) is 5.88. The molecule has 2 amide bonds. The molecule has 1 aliphatic heterocycles. The van der Waals surface area contributed by atoms with Gasteiger partial charge in [0.25, 0.3) is 0 Å². The lowest BCUT2D eigenvalue weighted by molar-refractivity contribution is -0.118. The number of ether oxygens (including phenoxy) is 6. The average molecular weight is 902 g/mol. The molecule has 3 unspecified atom stereocenters. The van der Waals surface area contributed by atoms with Gasteiger partial charge in [-0.05, 0) is 80.3 Å². The maximum atomic E-state index is 13.0. The van der Waals surface area contributed by atoms with Crippen LogP contribution in [0.5, 0.6) is 11.5 Å². The molecule has 16 nitrogen and oxygen atoms in total. The number of primary amides is 2. The van der Waals surface area contributed by atoms with Crippen LogP contribution in [0.1, 0.15) is 62.1 Å². The number of benzene rings is 3. The van der Waals surface area contributed by atoms with Crippen LogP contribution >= 0.6 is 23.2 Å². The fourth-order valence-corrected chi connectivity index (χ4v) is 7.02. The average Bonchev–Trinajstić information content (AvgIpc) is 3.22. The monoisotopic (exact) mass is 900 g/mol. The lowest BCUT2D eigenvalue weighted by Crippen LogP contribution is -2.42. The molecule has 7 N–H and O–H groups in total. The Kier molecular flexibility index (Phi) is 19.7. The van der Waals surface area contributed by atoms with Gasteiger partial charge < -0.3 is 55.4 Å². The summed E-state index contributed by atoms with van der Waals surface area (Å²) in [5.41, 5.74) is 13.4. The summed E-state index contributed by atoms with van der Waals surface area (Å²) < 4.78 is 32.9. The van der Waals surface area contributed by atoms with Gasteiger partial charge in [-0.2, -0.15) is 0 Å². The molecule has 18 heteroatoms. The summed E-state index contributed by atoms with van der Waals surface area (Å²) >= 11 is 12.9. The molecule has 0 aliphatic carbocycles. The molecule has 3 aromatic rings. The minimum Gasteiger partial charge on any atom is -0.491 e. The molecule has 0 fully saturated rings. The van der Waals surface area contributed by atoms with Crippen molar-refractivity contribution < 1.29 is 57.8 Å². The zero-order valence-corrected chi connectivity index (χ0v) is 36.4. The van der Waals surface area contributed by atoms with Crippen LogP contribution in [0.4, 0.5) is 9.59 Å². The van der Waals surface area contributed by atoms with Gasteiger partial charge in [-0.1, -0.05) is 72.4 Å². The fourth-order valence-electron chi connectivity index (χ4n) is 6.60. The molecule has 0 aromatic heterocycles. The van der Waals surface area contributed by atoms with E-state index in [4.69, 9.17) is 63.1 Å². The third-order valence-electron chi connectivity index (χ3n) is 9.50. The molecule has 4 rings (SSSR count). The molecule has 3 atom stereocenters. The second-order valence-electron chi connectivity index (χ2n) is 14.6. The van der Waals surface area contributed by atoms with Crippen molar-refractivity contribution in [1.82, 2.24) is 10.2 Å². The summed E-state index contributed by atoms with van der Waals surface area (Å²) in [6.07, 6.45) is -0.881. The molecule has 0 saturated carbocycles. The van der Waals surface area contributed by atoms with Crippen LogP contribution < -0.4 is 26.3 Å². The zero-order valence-electron chi connectivity index (χ0n) is 34.9. The molecule has 0 spiro atoms. The molecule has 3 aromatic carbocycles. The highest BCUT2D eigenvalue weighted by Crippen LogP contribution is 2.43. The quantitative estimate of drug-likeness (QED) is 0.0523. The van der Waals surface area contributed by atoms with Crippen LogP contribution in [-0.2, 0) is 41.4 Å². The number of hydrogen-bond donors (Lipinski definition) is 5. The molecule has 1 aliphatic rings. The van der Waals surface area contributed by atoms with Gasteiger partial charge in [0.05, 0.1) is 48.0 Å². The number of dihydropyridines is 1. The number of nitrogens with zero attached hydrogens (tertiary/aromatic N) is 1. The number of rotatable bonds is 24. The van der Waals surface area contributed by atoms with E-state index >= 15 is 0 Å². The van der Waals surface area contributed by atoms with Crippen molar-refractivity contribution in [1.29, 1.82) is 0 Å². The highest BCUT2D eigenvalue weighted by atomic mass is 35.5. The molecular formula is C44H54Cl2N4O12. The van der Waals surface area contributed by atoms with Gasteiger partial charge in [0.15, 0.2) is 0 Å². The van der Waals surface area contributed by atoms with Gasteiger partial charge in [0.1, 0.15) is 54.4 Å². The SMILES string of the molecule is COC(=O)OC1=C(C)NC(C)=C(OC(=O)OCCCCCCN(CC(O)COc2ccc(CC(N)=O)cc2)CC(O)COc2ccc(CC(N)=O)cc2)C1c1cccc(Cl)c1Cl. The van der Waals surface area contributed by atoms with Crippen molar-refractivity contribution in [3.05, 3.63) is 116 Å². The Morgan fingerprint density at radius 2 is 1.23 bits per heavy atom. The van der Waals surface area contributed by atoms with E-state index < -0.39 is 42.3 Å². The van der Waals surface area contributed by atoms with Gasteiger partial charge in [0.2, 0.25) is 11.8 Å². The van der Waals surface area contributed by atoms with E-state index in [2.05, 4.69) is 5.32 Å². The Balaban J connectivity index is 1.28. The number of amides is 2. The summed E-state index contributed by atoms with van der Waals surface area (Å²) in [5, 5.41) is 25.3. The van der Waals surface area contributed by atoms with E-state index in [0.717, 1.165) is 17.5 Å². The lowest BCUT2D eigenvalue weighted by atomic mass is 9.90. The van der Waals surface area contributed by atoms with Crippen molar-refractivity contribution in [2.24, 2.45) is 11.5 Å². The van der Waals surface area contributed by atoms with E-state index in [1.54, 1.807) is 80.6 Å². The Morgan fingerprint density at radius 1 is 0.726 bits per heavy atom. The maximum absolute atomic E-state index is 13.0. The number of methoxy groups -OCH3 is 1. The number of carbonyl (C=O) groups is 4. The summed E-state index contributed by atoms with van der Waals surface area (Å²) in [6, 6.07) is 18.7. The molecule has 1 heterocycles. The summed E-state index contributed by atoms with van der Waals surface area (Å²) in [7, 11) is 1.17. The van der Waals surface area contributed by atoms with Gasteiger partial charge in [-0.15, -0.1) is 0 Å². The minimum absolute atomic E-state index is 0.0156. The Hall–Kier alpha value is -5.52. The first-order valence-electron chi connectivity index (χ1n) is 19.9. The third kappa shape index (κ3) is 16.1. The van der Waals surface area contributed by atoms with E-state index in [1.165, 1.54) is 7.11 Å². The van der Waals surface area contributed by atoms with Crippen LogP contribution in [0.15, 0.2) is 89.6 Å². The summed E-state index contributed by atoms with van der Waals surface area (Å²) in [4.78, 5) is 49.6. The number of unbranched alkanes of at least 4 members (excludes halogenated alkanes) is 3. The predicted molar refractivity (Wildman–Crippen MR) is 230 cm³/mol. The molecular weight excluding hydrogens is 847 g/mol. The molecule has 336 valence electrons. The van der Waals surface area contributed by atoms with Crippen molar-refractivity contribution in [2.75, 3.05) is 46.6 Å². The van der Waals surface area contributed by atoms with Crippen LogP contribution in [-0.4, -0.2) is 98.0 Å². The highest BCUT2D eigenvalue weighted by molar-refractivity contribution is 6.42. The molecule has 0 saturated heterocycles. The van der Waals surface area contributed by atoms with E-state index in [9.17, 15) is 29.4 Å². The Morgan fingerprint density at radius 3 is 1.73 bits per heavy atom. The second-order valence-corrected chi connectivity index (χ2v) is 15.4. The summed E-state index contributed by atoms with van der Waals surface area (Å²) in [6.45, 7) is 4.32. The lowest BCUT2D eigenvalue weighted by Gasteiger charge is -2.30. The minimum atomic E-state index is -0.979. The number of hydrogen-bond acceptors (Lipinski definition) is 14. The molecule has 0 bridgehead atoms. The number of carbonyl (C=O) groups excluding carboxylic acids is 4. The largest absolute Gasteiger partial charge is 0.513 e. The number of aliphatic hydroxyl groups excluding tert-OH is 2. The van der Waals surface area contributed by atoms with Crippen molar-refractivity contribution >= 4 is 47.3 Å². The number of nitrogens with two attached hydrogens (primary N) is 2. The van der Waals surface area contributed by atoms with Crippen molar-refractivity contribution in [3.63, 3.8) is 0 Å². The standard InChI is InChI=1S/C44H54Cl2N4O12/c1-27-41(61-43(55)57-3)39(35-9-8-10-36(45)40(35)46)42(28(2)49-27)62-44(56)58-20-7-5-4-6-19-50(23-31(51)25-59-33-15-11-29(12-16-33)21-37(47)53)24-32(52)26-60-34-17-13-30(14-18-34)22-38(48)54/h8-18,31-32,39,49,51-52H,4-7,19-26H2,1-3H3,(H2,47,53)(H2,48,54). The van der Waals surface area contributed by atoms with Crippen LogP contribution in [0, 0.1) is 0 Å². The van der Waals surface area contributed by atoms with Gasteiger partial charge >= 0.3 is 12.3 Å². The first-order valence-corrected chi connectivity index (χ1v) is 20.7. The van der Waals surface area contributed by atoms with Crippen LogP contribution in [0.25, 0.3) is 0 Å². The Bertz CT molecular complexity index is 1970. The number of halogens is 2. The fraction of sp³-hybridized carbons (Fsp3) is 0.409. The van der Waals surface area contributed by atoms with Gasteiger partial charge in [-0.3, -0.25) is 14.5 Å². The van der Waals surface area contributed by atoms with Gasteiger partial charge in [-0.25, -0.2) is 9.59 Å². The first-order chi connectivity index (χ1) is 29.6. The topological polar surface area (TPSA) is 231 Å². The molecule has 62 heavy (non-hydrogen) atoms. The molecule has 0 radical (unpaired) electrons. The third-order valence-corrected chi connectivity index (χ3v) is 10.3. The smallest absolute Gasteiger partial charge is 0.491 e. The van der Waals surface area contributed by atoms with Crippen molar-refractivity contribution in [2.45, 2.75) is 70.5 Å². The second kappa shape index (κ2) is 24.8. The van der Waals surface area contributed by atoms with E-state index in [0.29, 0.717) is 54.3 Å². The summed E-state index contributed by atoms with van der Waals surface area (Å²) in [5.74, 6) is -0.589. The Labute approximate surface area is 370 Å². The van der Waals surface area contributed by atoms with Crippen LogP contribution in [0.2, 0.25) is 10.0 Å². The highest BCUT2D eigenvalue weighted by Gasteiger charge is 2.37. The first kappa shape index (κ1) is 49.1. The zero-order chi connectivity index (χ0) is 45.2. The normalized spacial score (nSPS) is 14.7. The maximum Gasteiger partial charge on any atom is 0.513 e. The van der Waals surface area contributed by atoms with E-state index in [-0.39, 0.29) is 67.3 Å². The van der Waals surface area contributed by atoms with E-state index in [1.807, 2.05) is 4.90 Å². The van der Waals surface area contributed by atoms with Gasteiger partial charge in [0, 0.05) is 13.1 Å². The van der Waals surface area contributed by atoms with Crippen molar-refractivity contribution in [3.8, 4) is 11.5 Å². The van der Waals surface area contributed by atoms with Crippen LogP contribution in [0.3, 0.4) is 0 Å².